The van der Waals surface area contributed by atoms with E-state index < -0.39 is 5.41 Å². The Balaban J connectivity index is 0.000000137. The van der Waals surface area contributed by atoms with Crippen molar-refractivity contribution < 1.29 is 8.83 Å². The minimum atomic E-state index is -0.415. The van der Waals surface area contributed by atoms with E-state index in [0.717, 1.165) is 100 Å². The molecule has 0 aliphatic heterocycles. The molecule has 0 atom stereocenters. The van der Waals surface area contributed by atoms with Gasteiger partial charge in [-0.3, -0.25) is 0 Å². The van der Waals surface area contributed by atoms with Gasteiger partial charge in [-0.15, -0.1) is 0 Å². The van der Waals surface area contributed by atoms with E-state index in [1.165, 1.54) is 100 Å². The summed E-state index contributed by atoms with van der Waals surface area (Å²) in [6.07, 6.45) is 0. The zero-order chi connectivity index (χ0) is 71.3. The summed E-state index contributed by atoms with van der Waals surface area (Å²) in [6, 6.07) is 133. The third kappa shape index (κ3) is 9.35. The second-order valence-corrected chi connectivity index (χ2v) is 30.1. The molecule has 0 N–H and O–H groups in total. The number of hydrogen-bond acceptors (Lipinski definition) is 4. The van der Waals surface area contributed by atoms with E-state index in [9.17, 15) is 0 Å². The van der Waals surface area contributed by atoms with Crippen molar-refractivity contribution in [2.45, 2.75) is 43.9 Å². The molecule has 0 saturated carbocycles. The topological polar surface area (TPSA) is 32.8 Å². The number of anilines is 6. The lowest BCUT2D eigenvalue weighted by atomic mass is 9.70. The number of benzene rings is 16. The Morgan fingerprint density at radius 2 is 0.514 bits per heavy atom. The van der Waals surface area contributed by atoms with Crippen LogP contribution in [0.2, 0.25) is 0 Å². The second-order valence-electron chi connectivity index (χ2n) is 30.1. The average molecular weight is 1370 g/mol. The zero-order valence-corrected chi connectivity index (χ0v) is 59.9. The summed E-state index contributed by atoms with van der Waals surface area (Å²) in [7, 11) is 0. The van der Waals surface area contributed by atoms with Gasteiger partial charge in [-0.1, -0.05) is 313 Å². The molecule has 2 heterocycles. The van der Waals surface area contributed by atoms with Gasteiger partial charge in [0.1, 0.15) is 22.3 Å². The number of rotatable bonds is 9. The van der Waals surface area contributed by atoms with Crippen molar-refractivity contribution in [1.29, 1.82) is 0 Å². The molecule has 4 aliphatic carbocycles. The van der Waals surface area contributed by atoms with Crippen LogP contribution in [0.15, 0.2) is 373 Å². The van der Waals surface area contributed by atoms with E-state index in [-0.39, 0.29) is 10.8 Å². The Morgan fingerprint density at radius 1 is 0.206 bits per heavy atom. The van der Waals surface area contributed by atoms with Gasteiger partial charge in [-0.25, -0.2) is 0 Å². The molecule has 0 radical (unpaired) electrons. The first-order chi connectivity index (χ1) is 52.6. The zero-order valence-electron chi connectivity index (χ0n) is 59.9. The summed E-state index contributed by atoms with van der Waals surface area (Å²) in [6.45, 7) is 9.42. The third-order valence-electron chi connectivity index (χ3n) is 23.8. The fourth-order valence-electron chi connectivity index (χ4n) is 18.8. The molecular formula is C103H72N2O2. The summed E-state index contributed by atoms with van der Waals surface area (Å²) >= 11 is 0. The molecule has 107 heavy (non-hydrogen) atoms. The van der Waals surface area contributed by atoms with Gasteiger partial charge >= 0.3 is 0 Å². The van der Waals surface area contributed by atoms with Crippen LogP contribution in [0.4, 0.5) is 34.1 Å². The molecule has 4 aliphatic rings. The first-order valence-corrected chi connectivity index (χ1v) is 37.3. The van der Waals surface area contributed by atoms with Gasteiger partial charge in [0, 0.05) is 77.5 Å². The maximum atomic E-state index is 6.42. The predicted octanol–water partition coefficient (Wildman–Crippen LogP) is 28.1. The van der Waals surface area contributed by atoms with Crippen molar-refractivity contribution in [2.24, 2.45) is 0 Å². The van der Waals surface area contributed by atoms with Crippen LogP contribution < -0.4 is 9.80 Å². The Kier molecular flexibility index (Phi) is 13.9. The van der Waals surface area contributed by atoms with E-state index >= 15 is 0 Å². The quantitative estimate of drug-likeness (QED) is 0.144. The van der Waals surface area contributed by atoms with Gasteiger partial charge < -0.3 is 18.6 Å². The van der Waals surface area contributed by atoms with E-state index in [1.807, 2.05) is 24.3 Å². The number of para-hydroxylation sites is 5. The second kappa shape index (κ2) is 23.9. The lowest BCUT2D eigenvalue weighted by molar-refractivity contribution is 0.660. The Labute approximate surface area is 623 Å². The fraction of sp³-hybridized carbons (Fsp3) is 0.0680. The molecule has 0 amide bonds. The molecule has 1 spiro atoms. The van der Waals surface area contributed by atoms with Crippen molar-refractivity contribution in [3.05, 3.63) is 408 Å². The normalized spacial score (nSPS) is 13.8. The van der Waals surface area contributed by atoms with Crippen molar-refractivity contribution in [1.82, 2.24) is 0 Å². The fourth-order valence-corrected chi connectivity index (χ4v) is 18.8. The summed E-state index contributed by atoms with van der Waals surface area (Å²) in [5.41, 5.74) is 38.0. The summed E-state index contributed by atoms with van der Waals surface area (Å²) in [4.78, 5) is 4.88. The van der Waals surface area contributed by atoms with Crippen LogP contribution in [0, 0.1) is 0 Å². The maximum Gasteiger partial charge on any atom is 0.143 e. The van der Waals surface area contributed by atoms with Crippen LogP contribution in [0.25, 0.3) is 122 Å². The highest BCUT2D eigenvalue weighted by atomic mass is 16.3. The summed E-state index contributed by atoms with van der Waals surface area (Å²) < 4.78 is 12.8. The van der Waals surface area contributed by atoms with Crippen LogP contribution in [-0.4, -0.2) is 0 Å². The highest BCUT2D eigenvalue weighted by molar-refractivity contribution is 6.11. The highest BCUT2D eigenvalue weighted by Crippen LogP contribution is 2.64. The minimum Gasteiger partial charge on any atom is -0.455 e. The van der Waals surface area contributed by atoms with Gasteiger partial charge in [0.2, 0.25) is 0 Å². The molecule has 0 saturated heterocycles. The van der Waals surface area contributed by atoms with Crippen molar-refractivity contribution >= 4 is 78.0 Å². The summed E-state index contributed by atoms with van der Waals surface area (Å²) in [5, 5.41) is 4.54. The Bertz CT molecular complexity index is 6420. The van der Waals surface area contributed by atoms with Crippen LogP contribution in [0.1, 0.15) is 72.2 Å². The number of hydrogen-bond donors (Lipinski definition) is 0. The Hall–Kier alpha value is -13.3. The molecule has 0 bridgehead atoms. The lowest BCUT2D eigenvalue weighted by Crippen LogP contribution is -2.26. The van der Waals surface area contributed by atoms with E-state index in [0.29, 0.717) is 0 Å². The van der Waals surface area contributed by atoms with Gasteiger partial charge in [0.25, 0.3) is 0 Å². The van der Waals surface area contributed by atoms with Crippen molar-refractivity contribution in [3.8, 4) is 77.9 Å². The van der Waals surface area contributed by atoms with Crippen LogP contribution in [-0.2, 0) is 16.2 Å². The van der Waals surface area contributed by atoms with Gasteiger partial charge in [-0.05, 0) is 185 Å². The molecule has 0 unspecified atom stereocenters. The number of furan rings is 2. The first kappa shape index (κ1) is 62.3. The van der Waals surface area contributed by atoms with Gasteiger partial charge in [0.05, 0.1) is 11.1 Å². The Morgan fingerprint density at radius 3 is 0.972 bits per heavy atom. The number of fused-ring (bicyclic) bond motifs is 22. The molecule has 0 fully saturated rings. The average Bonchev–Trinajstić information content (AvgIpc) is 1.51. The van der Waals surface area contributed by atoms with Gasteiger partial charge in [-0.2, -0.15) is 0 Å². The summed E-state index contributed by atoms with van der Waals surface area (Å²) in [5.74, 6) is 0. The molecule has 2 aromatic heterocycles. The largest absolute Gasteiger partial charge is 0.455 e. The van der Waals surface area contributed by atoms with E-state index in [4.69, 9.17) is 8.83 Å². The van der Waals surface area contributed by atoms with Crippen molar-refractivity contribution in [2.75, 3.05) is 9.80 Å². The maximum absolute atomic E-state index is 6.42. The molecule has 4 heteroatoms. The predicted molar refractivity (Wildman–Crippen MR) is 445 cm³/mol. The van der Waals surface area contributed by atoms with Crippen molar-refractivity contribution in [3.63, 3.8) is 0 Å². The molecular weight excluding hydrogens is 1300 g/mol. The van der Waals surface area contributed by atoms with Crippen LogP contribution in [0.5, 0.6) is 0 Å². The van der Waals surface area contributed by atoms with E-state index in [2.05, 4.69) is 377 Å². The highest BCUT2D eigenvalue weighted by Gasteiger charge is 2.52. The lowest BCUT2D eigenvalue weighted by Gasteiger charge is -2.33. The smallest absolute Gasteiger partial charge is 0.143 e. The standard InChI is InChI=1S/C52H37N.C51H35NO2/c1-51(2)44-23-11-6-19-38(44)42-30-28-35(32-48(42)51)53(50-27-15-10-18-37(50)34-16-4-3-5-17-34)36-29-31-43-41-22-9-14-26-47(41)52(49(43)33-36)45-24-12-7-20-39(45)40-21-8-13-25-46(40)52;1-51(2)45-18-6-3-11-39(45)40-30-29-36(31-46(40)51)52(34-25-21-32(22-26-34)37-14-9-16-43-41-12-4-7-19-47(41)53-49(37)43)35-27-23-33(24-28-35)38-15-10-17-44-42-13-5-8-20-48(42)54-50(38)44/h3-33H,1-2H3;3-31H,1-2H3. The number of nitrogens with zero attached hydrogens (tertiary/aromatic N) is 2. The molecule has 506 valence electrons. The monoisotopic (exact) mass is 1370 g/mol. The van der Waals surface area contributed by atoms with Gasteiger partial charge in [0.15, 0.2) is 0 Å². The van der Waals surface area contributed by atoms with E-state index in [1.54, 1.807) is 0 Å². The first-order valence-electron chi connectivity index (χ1n) is 37.3. The minimum absolute atomic E-state index is 0.113. The molecule has 16 aromatic carbocycles. The molecule has 22 rings (SSSR count). The van der Waals surface area contributed by atoms with Crippen LogP contribution >= 0.6 is 0 Å². The van der Waals surface area contributed by atoms with Crippen LogP contribution in [0.3, 0.4) is 0 Å². The molecule has 4 nitrogen and oxygen atoms in total. The third-order valence-corrected chi connectivity index (χ3v) is 23.8. The SMILES string of the molecule is CC1(C)c2ccccc2-c2ccc(N(c3ccc(-c4cccc5c4oc4ccccc45)cc3)c3ccc(-c4cccc5c4oc4ccccc45)cc3)cc21.CC1(C)c2ccccc2-c2ccc(N(c3ccc4c(c3)C3(c5ccccc5-c5ccccc53)c3ccccc3-4)c3ccccc3-c3ccccc3)cc21. The molecule has 18 aromatic rings.